The van der Waals surface area contributed by atoms with E-state index in [1.54, 1.807) is 13.8 Å². The topological polar surface area (TPSA) is 110 Å². The minimum atomic E-state index is -2.92. The van der Waals surface area contributed by atoms with Crippen LogP contribution in [0.25, 0.3) is 0 Å². The monoisotopic (exact) mass is 218 g/mol. The molecule has 9 heteroatoms. The van der Waals surface area contributed by atoms with Crippen molar-refractivity contribution in [1.29, 1.82) is 0 Å². The van der Waals surface area contributed by atoms with Crippen LogP contribution in [-0.4, -0.2) is 29.7 Å². The molecule has 0 rings (SSSR count). The molecule has 0 aliphatic carbocycles. The predicted octanol–water partition coefficient (Wildman–Crippen LogP) is -13.2. The third kappa shape index (κ3) is 52.2. The van der Waals surface area contributed by atoms with E-state index in [1.807, 2.05) is 0 Å². The fraction of sp³-hybridized carbons (Fsp3) is 1.00. The van der Waals surface area contributed by atoms with Crippen molar-refractivity contribution in [3.05, 3.63) is 0 Å². The SMILES string of the molecule is CC(O)C(C)O.[Na+].[Na+].[Na+].[O-]B([O-])[O-]. The second-order valence-corrected chi connectivity index (χ2v) is 1.77. The molecule has 2 N–H and O–H groups in total. The van der Waals surface area contributed by atoms with Gasteiger partial charge in [0, 0.05) is 0 Å². The first kappa shape index (κ1) is 29.7. The third-order valence-electron chi connectivity index (χ3n) is 0.698. The Morgan fingerprint density at radius 2 is 0.923 bits per heavy atom. The summed E-state index contributed by atoms with van der Waals surface area (Å²) in [5.41, 5.74) is 0. The maximum atomic E-state index is 8.42. The molecular formula is C4H10BNa3O5. The first-order valence-corrected chi connectivity index (χ1v) is 2.71. The minimum absolute atomic E-state index is 0. The van der Waals surface area contributed by atoms with E-state index in [2.05, 4.69) is 0 Å². The number of aliphatic hydroxyl groups excluding tert-OH is 2. The zero-order valence-electron chi connectivity index (χ0n) is 8.85. The van der Waals surface area contributed by atoms with Crippen LogP contribution in [0.1, 0.15) is 13.8 Å². The predicted molar refractivity (Wildman–Crippen MR) is 29.1 cm³/mol. The van der Waals surface area contributed by atoms with Crippen LogP contribution in [0.5, 0.6) is 0 Å². The Kier molecular flexibility index (Phi) is 46.4. The number of aliphatic hydroxyl groups is 2. The van der Waals surface area contributed by atoms with E-state index >= 15 is 0 Å². The van der Waals surface area contributed by atoms with Crippen LogP contribution in [0.4, 0.5) is 0 Å². The molecule has 13 heavy (non-hydrogen) atoms. The third-order valence-corrected chi connectivity index (χ3v) is 0.698. The minimum Gasteiger partial charge on any atom is -0.907 e. The molecule has 0 spiro atoms. The van der Waals surface area contributed by atoms with Crippen LogP contribution in [0, 0.1) is 0 Å². The summed E-state index contributed by atoms with van der Waals surface area (Å²) in [6, 6.07) is 0. The maximum absolute atomic E-state index is 8.42. The standard InChI is InChI=1S/C4H10O2.BO3.3Na/c1-3(5)4(2)6;2-1(3)4;;;/h3-6H,1-2H3;;;;/q;-3;3*+1. The van der Waals surface area contributed by atoms with Gasteiger partial charge in [0.1, 0.15) is 0 Å². The molecule has 62 valence electrons. The van der Waals surface area contributed by atoms with Crippen molar-refractivity contribution < 1.29 is 114 Å². The van der Waals surface area contributed by atoms with Crippen molar-refractivity contribution in [1.82, 2.24) is 0 Å². The van der Waals surface area contributed by atoms with Crippen molar-refractivity contribution in [2.75, 3.05) is 0 Å². The van der Waals surface area contributed by atoms with E-state index in [9.17, 15) is 0 Å². The molecule has 0 saturated carbocycles. The molecule has 0 bridgehead atoms. The van der Waals surface area contributed by atoms with Gasteiger partial charge < -0.3 is 25.3 Å². The summed E-state index contributed by atoms with van der Waals surface area (Å²) in [6.07, 6.45) is -1.19. The second kappa shape index (κ2) is 20.3. The van der Waals surface area contributed by atoms with Crippen LogP contribution < -0.4 is 104 Å². The quantitative estimate of drug-likeness (QED) is 0.424. The normalized spacial score (nSPS) is 11.3. The smallest absolute Gasteiger partial charge is 0.907 e. The van der Waals surface area contributed by atoms with Crippen molar-refractivity contribution in [3.63, 3.8) is 0 Å². The van der Waals surface area contributed by atoms with Gasteiger partial charge in [0.15, 0.2) is 0 Å². The van der Waals surface area contributed by atoms with Gasteiger partial charge in [-0.1, -0.05) is 0 Å². The van der Waals surface area contributed by atoms with Gasteiger partial charge >= 0.3 is 88.7 Å². The fourth-order valence-corrected chi connectivity index (χ4v) is 0. The van der Waals surface area contributed by atoms with Crippen LogP contribution >= 0.6 is 0 Å². The van der Waals surface area contributed by atoms with Crippen LogP contribution in [-0.2, 0) is 0 Å². The molecule has 2 atom stereocenters. The summed E-state index contributed by atoms with van der Waals surface area (Å²) in [5, 5.41) is 42.0. The van der Waals surface area contributed by atoms with Crippen LogP contribution in [0.3, 0.4) is 0 Å². The molecule has 0 aromatic heterocycles. The van der Waals surface area contributed by atoms with Gasteiger partial charge in [-0.25, -0.2) is 0 Å². The largest absolute Gasteiger partial charge is 1.00 e. The molecule has 2 unspecified atom stereocenters. The van der Waals surface area contributed by atoms with Gasteiger partial charge in [-0.2, -0.15) is 0 Å². The van der Waals surface area contributed by atoms with Gasteiger partial charge in [0.25, 0.3) is 0 Å². The Hall–Kier alpha value is 2.86. The molecule has 0 radical (unpaired) electrons. The Labute approximate surface area is 145 Å². The molecule has 0 saturated heterocycles. The zero-order valence-corrected chi connectivity index (χ0v) is 14.9. The Morgan fingerprint density at radius 1 is 0.846 bits per heavy atom. The first-order chi connectivity index (χ1) is 4.37. The van der Waals surface area contributed by atoms with E-state index in [0.717, 1.165) is 0 Å². The first-order valence-electron chi connectivity index (χ1n) is 2.71. The summed E-state index contributed by atoms with van der Waals surface area (Å²) in [4.78, 5) is 0. The zero-order chi connectivity index (χ0) is 8.73. The number of rotatable bonds is 1. The molecule has 0 aromatic carbocycles. The molecule has 0 amide bonds. The number of hydrogen-bond acceptors (Lipinski definition) is 5. The van der Waals surface area contributed by atoms with Gasteiger partial charge in [-0.3, -0.25) is 7.32 Å². The molecule has 0 heterocycles. The van der Waals surface area contributed by atoms with E-state index < -0.39 is 19.5 Å². The summed E-state index contributed by atoms with van der Waals surface area (Å²) in [7, 11) is -2.92. The van der Waals surface area contributed by atoms with E-state index in [-0.39, 0.29) is 88.7 Å². The summed E-state index contributed by atoms with van der Waals surface area (Å²) in [6.45, 7) is 3.09. The Balaban J connectivity index is -0.0000000279. The Bertz CT molecular complexity index is 66.0. The van der Waals surface area contributed by atoms with Crippen molar-refractivity contribution in [3.8, 4) is 0 Å². The van der Waals surface area contributed by atoms with E-state index in [1.165, 1.54) is 0 Å². The summed E-state index contributed by atoms with van der Waals surface area (Å²) < 4.78 is 0. The van der Waals surface area contributed by atoms with Crippen molar-refractivity contribution >= 4 is 7.32 Å². The van der Waals surface area contributed by atoms with Crippen LogP contribution in [0.15, 0.2) is 0 Å². The average Bonchev–Trinajstić information content (AvgIpc) is 1.63. The maximum Gasteiger partial charge on any atom is 1.00 e. The van der Waals surface area contributed by atoms with Crippen molar-refractivity contribution in [2.24, 2.45) is 0 Å². The second-order valence-electron chi connectivity index (χ2n) is 1.77. The summed E-state index contributed by atoms with van der Waals surface area (Å²) in [5.74, 6) is 0. The van der Waals surface area contributed by atoms with E-state index in [0.29, 0.717) is 0 Å². The van der Waals surface area contributed by atoms with E-state index in [4.69, 9.17) is 25.3 Å². The number of hydrogen-bond donors (Lipinski definition) is 2. The molecule has 5 nitrogen and oxygen atoms in total. The molecule has 0 aliphatic heterocycles. The molecule has 0 aromatic rings. The molecule has 0 fully saturated rings. The fourth-order valence-electron chi connectivity index (χ4n) is 0. The van der Waals surface area contributed by atoms with Crippen LogP contribution in [0.2, 0.25) is 0 Å². The Morgan fingerprint density at radius 3 is 0.923 bits per heavy atom. The van der Waals surface area contributed by atoms with Gasteiger partial charge in [-0.15, -0.1) is 0 Å². The van der Waals surface area contributed by atoms with Gasteiger partial charge in [0.2, 0.25) is 0 Å². The molecule has 0 aliphatic rings. The summed E-state index contributed by atoms with van der Waals surface area (Å²) >= 11 is 0. The average molecular weight is 218 g/mol. The van der Waals surface area contributed by atoms with Gasteiger partial charge in [0.05, 0.1) is 12.2 Å². The van der Waals surface area contributed by atoms with Crippen molar-refractivity contribution in [2.45, 2.75) is 26.1 Å². The molecular weight excluding hydrogens is 208 g/mol. The van der Waals surface area contributed by atoms with Gasteiger partial charge in [-0.05, 0) is 13.8 Å².